The molecule has 3 heterocycles. The molecule has 0 radical (unpaired) electrons. The van der Waals surface area contributed by atoms with Crippen molar-refractivity contribution < 1.29 is 18.8 Å². The number of piperidine rings is 2. The molecule has 8 heteroatoms. The lowest BCUT2D eigenvalue weighted by molar-refractivity contribution is -0.139. The number of urea groups is 1. The molecular formula is C24H33FN4O3. The summed E-state index contributed by atoms with van der Waals surface area (Å²) in [4.78, 5) is 44.4. The Morgan fingerprint density at radius 3 is 2.59 bits per heavy atom. The van der Waals surface area contributed by atoms with E-state index < -0.39 is 11.4 Å². The highest BCUT2D eigenvalue weighted by Crippen LogP contribution is 2.32. The second-order valence-electron chi connectivity index (χ2n) is 9.79. The Bertz CT molecular complexity index is 882. The molecule has 3 saturated heterocycles. The quantitative estimate of drug-likeness (QED) is 0.708. The highest BCUT2D eigenvalue weighted by molar-refractivity contribution is 6.07. The molecule has 4 rings (SSSR count). The number of carbonyl (C=O) groups is 3. The highest BCUT2D eigenvalue weighted by Gasteiger charge is 2.54. The van der Waals surface area contributed by atoms with Gasteiger partial charge in [-0.2, -0.15) is 0 Å². The van der Waals surface area contributed by atoms with Gasteiger partial charge in [0.05, 0.1) is 12.5 Å². The van der Waals surface area contributed by atoms with Crippen LogP contribution in [0.4, 0.5) is 9.18 Å². The summed E-state index contributed by atoms with van der Waals surface area (Å²) in [6.45, 7) is 7.79. The first kappa shape index (κ1) is 22.7. The molecule has 0 saturated carbocycles. The van der Waals surface area contributed by atoms with Gasteiger partial charge in [0.1, 0.15) is 11.4 Å². The van der Waals surface area contributed by atoms with Crippen molar-refractivity contribution in [3.8, 4) is 0 Å². The van der Waals surface area contributed by atoms with Crippen LogP contribution < -0.4 is 5.32 Å². The third kappa shape index (κ3) is 4.51. The number of likely N-dealkylation sites (tertiary alicyclic amines) is 2. The molecule has 1 aromatic carbocycles. The van der Waals surface area contributed by atoms with Gasteiger partial charge in [-0.05, 0) is 43.2 Å². The van der Waals surface area contributed by atoms with E-state index in [1.165, 1.54) is 11.0 Å². The van der Waals surface area contributed by atoms with Crippen LogP contribution in [0.1, 0.15) is 45.1 Å². The Balaban J connectivity index is 1.40. The van der Waals surface area contributed by atoms with Crippen molar-refractivity contribution in [1.29, 1.82) is 0 Å². The summed E-state index contributed by atoms with van der Waals surface area (Å²) in [5.41, 5.74) is -0.453. The van der Waals surface area contributed by atoms with Gasteiger partial charge in [0.25, 0.3) is 5.91 Å². The van der Waals surface area contributed by atoms with Gasteiger partial charge in [-0.3, -0.25) is 14.5 Å². The SMILES string of the molecule is CC(C)CN1CCC2(CC1)NC(=O)N(C1CCCN(C(=O)Cc3ccccc3F)C1)C2=O. The summed E-state index contributed by atoms with van der Waals surface area (Å²) in [5, 5.41) is 2.99. The van der Waals surface area contributed by atoms with E-state index >= 15 is 0 Å². The maximum absolute atomic E-state index is 14.0. The first-order chi connectivity index (χ1) is 15.3. The number of hydrogen-bond acceptors (Lipinski definition) is 4. The molecule has 1 N–H and O–H groups in total. The van der Waals surface area contributed by atoms with Gasteiger partial charge in [0, 0.05) is 32.7 Å². The van der Waals surface area contributed by atoms with E-state index in [4.69, 9.17) is 0 Å². The van der Waals surface area contributed by atoms with Crippen LogP contribution >= 0.6 is 0 Å². The number of nitrogens with zero attached hydrogens (tertiary/aromatic N) is 3. The third-order valence-electron chi connectivity index (χ3n) is 6.94. The highest BCUT2D eigenvalue weighted by atomic mass is 19.1. The zero-order valence-corrected chi connectivity index (χ0v) is 19.0. The van der Waals surface area contributed by atoms with Crippen LogP contribution in [0, 0.1) is 11.7 Å². The largest absolute Gasteiger partial charge is 0.340 e. The van der Waals surface area contributed by atoms with E-state index in [9.17, 15) is 18.8 Å². The summed E-state index contributed by atoms with van der Waals surface area (Å²) in [5.74, 6) is -0.164. The second kappa shape index (κ2) is 9.17. The Morgan fingerprint density at radius 2 is 1.91 bits per heavy atom. The van der Waals surface area contributed by atoms with Crippen LogP contribution in [0.5, 0.6) is 0 Å². The molecule has 3 fully saturated rings. The third-order valence-corrected chi connectivity index (χ3v) is 6.94. The smallest absolute Gasteiger partial charge is 0.325 e. The van der Waals surface area contributed by atoms with Crippen LogP contribution in [-0.2, 0) is 16.0 Å². The van der Waals surface area contributed by atoms with Crippen LogP contribution in [-0.4, -0.2) is 76.8 Å². The molecule has 1 atom stereocenters. The van der Waals surface area contributed by atoms with Crippen molar-refractivity contribution in [3.05, 3.63) is 35.6 Å². The lowest BCUT2D eigenvalue weighted by Crippen LogP contribution is -2.56. The summed E-state index contributed by atoms with van der Waals surface area (Å²) in [6, 6.07) is 5.59. The average molecular weight is 445 g/mol. The van der Waals surface area contributed by atoms with E-state index in [1.807, 2.05) is 0 Å². The van der Waals surface area contributed by atoms with Crippen molar-refractivity contribution >= 4 is 17.8 Å². The van der Waals surface area contributed by atoms with Crippen LogP contribution in [0.25, 0.3) is 0 Å². The summed E-state index contributed by atoms with van der Waals surface area (Å²) < 4.78 is 14.0. The predicted molar refractivity (Wildman–Crippen MR) is 118 cm³/mol. The molecule has 0 aliphatic carbocycles. The summed E-state index contributed by atoms with van der Waals surface area (Å²) in [6.07, 6.45) is 2.60. The fourth-order valence-electron chi connectivity index (χ4n) is 5.25. The van der Waals surface area contributed by atoms with Gasteiger partial charge in [0.2, 0.25) is 5.91 Å². The minimum Gasteiger partial charge on any atom is -0.340 e. The number of hydrogen-bond donors (Lipinski definition) is 1. The molecule has 7 nitrogen and oxygen atoms in total. The molecule has 1 unspecified atom stereocenters. The lowest BCUT2D eigenvalue weighted by atomic mass is 9.86. The van der Waals surface area contributed by atoms with Crippen LogP contribution in [0.2, 0.25) is 0 Å². The Hall–Kier alpha value is -2.48. The molecular weight excluding hydrogens is 411 g/mol. The topological polar surface area (TPSA) is 73.0 Å². The fourth-order valence-corrected chi connectivity index (χ4v) is 5.25. The van der Waals surface area contributed by atoms with Gasteiger partial charge in [-0.1, -0.05) is 32.0 Å². The fraction of sp³-hybridized carbons (Fsp3) is 0.625. The normalized spacial score (nSPS) is 23.8. The molecule has 174 valence electrons. The standard InChI is InChI=1S/C24H33FN4O3/c1-17(2)15-27-12-9-24(10-13-27)22(31)29(23(32)26-24)19-7-5-11-28(16-19)21(30)14-18-6-3-4-8-20(18)25/h3-4,6,8,17,19H,5,7,9-16H2,1-2H3,(H,26,32). The summed E-state index contributed by atoms with van der Waals surface area (Å²) >= 11 is 0. The lowest BCUT2D eigenvalue weighted by Gasteiger charge is -2.39. The number of carbonyl (C=O) groups excluding carboxylic acids is 3. The number of benzene rings is 1. The molecule has 3 aliphatic rings. The minimum atomic E-state index is -0.815. The number of nitrogens with one attached hydrogen (secondary N) is 1. The second-order valence-corrected chi connectivity index (χ2v) is 9.79. The predicted octanol–water partition coefficient (Wildman–Crippen LogP) is 2.40. The average Bonchev–Trinajstić information content (AvgIpc) is 3.00. The molecule has 1 aromatic rings. The van der Waals surface area contributed by atoms with Crippen LogP contribution in [0.15, 0.2) is 24.3 Å². The monoisotopic (exact) mass is 444 g/mol. The minimum absolute atomic E-state index is 0.0187. The van der Waals surface area contributed by atoms with Crippen molar-refractivity contribution in [3.63, 3.8) is 0 Å². The number of rotatable bonds is 5. The molecule has 4 amide bonds. The number of halogens is 1. The first-order valence-corrected chi connectivity index (χ1v) is 11.7. The zero-order valence-electron chi connectivity index (χ0n) is 19.0. The first-order valence-electron chi connectivity index (χ1n) is 11.7. The van der Waals surface area contributed by atoms with Gasteiger partial charge >= 0.3 is 6.03 Å². The molecule has 0 aromatic heterocycles. The number of amides is 4. The molecule has 3 aliphatic heterocycles. The molecule has 32 heavy (non-hydrogen) atoms. The van der Waals surface area contributed by atoms with Crippen molar-refractivity contribution in [1.82, 2.24) is 20.0 Å². The Labute approximate surface area is 188 Å². The number of imide groups is 1. The van der Waals surface area contributed by atoms with Crippen LogP contribution in [0.3, 0.4) is 0 Å². The Kier molecular flexibility index (Phi) is 6.51. The van der Waals surface area contributed by atoms with Crippen molar-refractivity contribution in [2.24, 2.45) is 5.92 Å². The van der Waals surface area contributed by atoms with Gasteiger partial charge < -0.3 is 15.1 Å². The van der Waals surface area contributed by atoms with E-state index in [2.05, 4.69) is 24.1 Å². The van der Waals surface area contributed by atoms with Gasteiger partial charge in [0.15, 0.2) is 0 Å². The van der Waals surface area contributed by atoms with E-state index in [0.29, 0.717) is 50.3 Å². The summed E-state index contributed by atoms with van der Waals surface area (Å²) in [7, 11) is 0. The maximum atomic E-state index is 14.0. The maximum Gasteiger partial charge on any atom is 0.325 e. The zero-order chi connectivity index (χ0) is 22.9. The van der Waals surface area contributed by atoms with Gasteiger partial charge in [-0.15, -0.1) is 0 Å². The molecule has 1 spiro atoms. The van der Waals surface area contributed by atoms with Crippen molar-refractivity contribution in [2.75, 3.05) is 32.7 Å². The van der Waals surface area contributed by atoms with Gasteiger partial charge in [-0.25, -0.2) is 9.18 Å². The van der Waals surface area contributed by atoms with E-state index in [-0.39, 0.29) is 30.3 Å². The molecule has 0 bridgehead atoms. The van der Waals surface area contributed by atoms with E-state index in [1.54, 1.807) is 23.1 Å². The Morgan fingerprint density at radius 1 is 1.19 bits per heavy atom. The van der Waals surface area contributed by atoms with E-state index in [0.717, 1.165) is 19.6 Å². The van der Waals surface area contributed by atoms with Crippen molar-refractivity contribution in [2.45, 2.75) is 57.5 Å².